The fraction of sp³-hybridized carbons (Fsp3) is 0.548. The number of fused-ring (bicyclic) bond motifs is 6. The smallest absolute Gasteiger partial charge is 0.482 e. The third kappa shape index (κ3) is 15.7. The second-order valence-corrected chi connectivity index (χ2v) is 21.8. The number of hydrogen-bond donors (Lipinski definition) is 1. The van der Waals surface area contributed by atoms with Crippen molar-refractivity contribution in [2.75, 3.05) is 13.2 Å². The number of aliphatic hydroxyl groups excluding tert-OH is 1. The van der Waals surface area contributed by atoms with E-state index >= 15 is 0 Å². The molecular formula is C62H77ClO12. The van der Waals surface area contributed by atoms with E-state index in [1.807, 2.05) is 84.9 Å². The molecule has 10 atom stereocenters. The highest BCUT2D eigenvalue weighted by molar-refractivity contribution is 6.61. The molecule has 0 unspecified atom stereocenters. The second-order valence-electron chi connectivity index (χ2n) is 21.5. The lowest BCUT2D eigenvalue weighted by atomic mass is 9.73. The van der Waals surface area contributed by atoms with E-state index in [9.17, 15) is 24.3 Å². The molecule has 0 spiro atoms. The van der Waals surface area contributed by atoms with E-state index in [0.29, 0.717) is 36.0 Å². The van der Waals surface area contributed by atoms with Crippen molar-refractivity contribution < 1.29 is 57.4 Å². The maximum Gasteiger partial charge on any atom is 0.508 e. The Kier molecular flexibility index (Phi) is 20.8. The van der Waals surface area contributed by atoms with E-state index in [4.69, 9.17) is 44.8 Å². The molecule has 1 saturated heterocycles. The Morgan fingerprint density at radius 1 is 0.627 bits per heavy atom. The summed E-state index contributed by atoms with van der Waals surface area (Å²) in [4.78, 5) is 48.5. The Hall–Kier alpha value is -5.59. The average Bonchev–Trinajstić information content (AvgIpc) is 3.91. The second kappa shape index (κ2) is 28.0. The molecule has 12 nitrogen and oxygen atoms in total. The van der Waals surface area contributed by atoms with Crippen LogP contribution in [0.4, 0.5) is 9.59 Å². The lowest BCUT2D eigenvalue weighted by Crippen LogP contribution is -2.33. The molecule has 0 aromatic heterocycles. The van der Waals surface area contributed by atoms with Crippen LogP contribution in [0.15, 0.2) is 97.1 Å². The summed E-state index contributed by atoms with van der Waals surface area (Å²) < 4.78 is 39.5. The van der Waals surface area contributed by atoms with E-state index in [0.717, 1.165) is 137 Å². The molecule has 1 N–H and O–H groups in total. The number of esters is 2. The first-order valence-electron chi connectivity index (χ1n) is 27.8. The number of aliphatic hydroxyl groups is 1. The summed E-state index contributed by atoms with van der Waals surface area (Å²) in [5.74, 6) is 2.88. The Morgan fingerprint density at radius 3 is 1.79 bits per heavy atom. The third-order valence-electron chi connectivity index (χ3n) is 16.5. The van der Waals surface area contributed by atoms with Gasteiger partial charge < -0.3 is 38.3 Å². The van der Waals surface area contributed by atoms with Crippen LogP contribution in [0.2, 0.25) is 0 Å². The van der Waals surface area contributed by atoms with Crippen LogP contribution in [-0.2, 0) is 72.2 Å². The highest BCUT2D eigenvalue weighted by Gasteiger charge is 2.49. The molecule has 1 heterocycles. The normalized spacial score (nSPS) is 24.5. The predicted molar refractivity (Wildman–Crippen MR) is 285 cm³/mol. The number of carbonyl (C=O) groups excluding carboxylic acids is 4. The van der Waals surface area contributed by atoms with Crippen molar-refractivity contribution in [2.45, 2.75) is 167 Å². The predicted octanol–water partition coefficient (Wildman–Crippen LogP) is 13.0. The van der Waals surface area contributed by atoms with Crippen LogP contribution < -0.4 is 9.47 Å². The molecule has 3 fully saturated rings. The summed E-state index contributed by atoms with van der Waals surface area (Å²) >= 11 is 5.53. The fourth-order valence-corrected chi connectivity index (χ4v) is 12.9. The Labute approximate surface area is 448 Å². The highest BCUT2D eigenvalue weighted by Crippen LogP contribution is 2.51. The van der Waals surface area contributed by atoms with Gasteiger partial charge in [0.1, 0.15) is 43.0 Å². The number of unbranched alkanes of at least 4 members (excludes halogenated alkanes) is 4. The summed E-state index contributed by atoms with van der Waals surface area (Å²) in [6, 6.07) is 31.3. The molecule has 4 aromatic carbocycles. The maximum atomic E-state index is 12.5. The zero-order valence-corrected chi connectivity index (χ0v) is 44.6. The standard InChI is InChI=1S/C31H39ClO6.C31H38O6/c1-2-3-5-12-24(38-31(32)35)14-15-25-26-16-22-11-8-13-29(27(22)17-23(26)18-28(25)33)36-20-30(34)37-19-21-9-6-4-7-10-21;1-2-3-5-12-24-14-15-25-26-16-22-11-8-13-28(27(22)17-23(26)18-29(25)37-31(33)36-24)34-20-30(32)35-19-21-9-6-4-7-10-21/h4,6-11,13,23-26,28,33H,2-3,5,12,14-20H2,1H3;4,6-11,13,23-26,29H,2-3,5,12,14-20H2,1H3/t23-,24-,25+,26-,28+;23-,24-,25+,26-,29+/m00/s1. The molecular weight excluding hydrogens is 972 g/mol. The number of benzene rings is 4. The van der Waals surface area contributed by atoms with Crippen LogP contribution in [0.5, 0.6) is 11.5 Å². The molecule has 1 aliphatic heterocycles. The summed E-state index contributed by atoms with van der Waals surface area (Å²) in [6.45, 7) is 4.55. The quantitative estimate of drug-likeness (QED) is 0.0345. The number of ether oxygens (including phenoxy) is 7. The van der Waals surface area contributed by atoms with Gasteiger partial charge in [0.25, 0.3) is 0 Å². The number of halogens is 1. The van der Waals surface area contributed by atoms with E-state index < -0.39 is 17.6 Å². The van der Waals surface area contributed by atoms with Gasteiger partial charge in [0.2, 0.25) is 0 Å². The highest BCUT2D eigenvalue weighted by atomic mass is 35.5. The molecule has 4 aliphatic carbocycles. The molecule has 9 rings (SSSR count). The van der Waals surface area contributed by atoms with Crippen LogP contribution in [-0.4, -0.2) is 66.3 Å². The van der Waals surface area contributed by atoms with Crippen LogP contribution in [0, 0.1) is 35.5 Å². The SMILES string of the molecule is CCCCC[C@@H](CC[C@@H]1[C@H]2Cc3cccc(OCC(=O)OCc4ccccc4)c3C[C@H]2C[C@H]1O)OC(=O)Cl.CCCCC[C@H]1CC[C@@H]2[C@H]3Cc4cccc(OCC(=O)OCc5ccccc5)c4C[C@H]3C[C@H]2OC(=O)O1. The van der Waals surface area contributed by atoms with Crippen molar-refractivity contribution >= 4 is 35.1 Å². The van der Waals surface area contributed by atoms with Crippen LogP contribution >= 0.6 is 11.6 Å². The van der Waals surface area contributed by atoms with Crippen molar-refractivity contribution in [2.24, 2.45) is 35.5 Å². The molecule has 5 aliphatic rings. The fourth-order valence-electron chi connectivity index (χ4n) is 12.8. The first-order valence-corrected chi connectivity index (χ1v) is 28.2. The molecule has 404 valence electrons. The van der Waals surface area contributed by atoms with Gasteiger partial charge in [0, 0.05) is 11.6 Å². The molecule has 75 heavy (non-hydrogen) atoms. The number of hydrogen-bond acceptors (Lipinski definition) is 12. The van der Waals surface area contributed by atoms with Gasteiger partial charge in [-0.05, 0) is 171 Å². The third-order valence-corrected chi connectivity index (χ3v) is 16.6. The van der Waals surface area contributed by atoms with E-state index in [1.165, 1.54) is 16.7 Å². The van der Waals surface area contributed by atoms with Crippen LogP contribution in [0.1, 0.15) is 137 Å². The molecule has 0 amide bonds. The molecule has 13 heteroatoms. The first kappa shape index (κ1) is 55.6. The van der Waals surface area contributed by atoms with Gasteiger partial charge in [0.05, 0.1) is 6.10 Å². The minimum atomic E-state index is -0.751. The lowest BCUT2D eigenvalue weighted by molar-refractivity contribution is -0.148. The van der Waals surface area contributed by atoms with Gasteiger partial charge in [-0.2, -0.15) is 0 Å². The first-order chi connectivity index (χ1) is 36.5. The summed E-state index contributed by atoms with van der Waals surface area (Å²) in [5, 5.41) is 11.0. The van der Waals surface area contributed by atoms with Gasteiger partial charge in [-0.1, -0.05) is 124 Å². The number of rotatable bonds is 22. The van der Waals surface area contributed by atoms with Crippen LogP contribution in [0.25, 0.3) is 0 Å². The van der Waals surface area contributed by atoms with E-state index in [1.54, 1.807) is 0 Å². The maximum absolute atomic E-state index is 12.5. The molecule has 0 radical (unpaired) electrons. The average molecular weight is 1050 g/mol. The summed E-state index contributed by atoms with van der Waals surface area (Å²) in [6.07, 6.45) is 15.8. The van der Waals surface area contributed by atoms with Crippen molar-refractivity contribution in [3.63, 3.8) is 0 Å². The minimum Gasteiger partial charge on any atom is -0.482 e. The number of cyclic esters (lactones) is 1. The Bertz CT molecular complexity index is 2470. The molecule has 0 bridgehead atoms. The van der Waals surface area contributed by atoms with Crippen molar-refractivity contribution in [3.8, 4) is 11.5 Å². The lowest BCUT2D eigenvalue weighted by Gasteiger charge is -2.34. The zero-order valence-electron chi connectivity index (χ0n) is 43.9. The zero-order chi connectivity index (χ0) is 52.5. The number of carbonyl (C=O) groups is 4. The molecule has 4 aromatic rings. The van der Waals surface area contributed by atoms with Gasteiger partial charge in [0.15, 0.2) is 13.2 Å². The van der Waals surface area contributed by atoms with Gasteiger partial charge in [-0.3, -0.25) is 0 Å². The summed E-state index contributed by atoms with van der Waals surface area (Å²) in [5.41, 5.74) is 5.94. The summed E-state index contributed by atoms with van der Waals surface area (Å²) in [7, 11) is 0. The largest absolute Gasteiger partial charge is 0.508 e. The monoisotopic (exact) mass is 1050 g/mol. The van der Waals surface area contributed by atoms with Gasteiger partial charge in [-0.25, -0.2) is 19.2 Å². The van der Waals surface area contributed by atoms with Crippen molar-refractivity contribution in [3.05, 3.63) is 130 Å². The molecule has 2 saturated carbocycles. The topological polar surface area (TPSA) is 153 Å². The van der Waals surface area contributed by atoms with Gasteiger partial charge in [-0.15, -0.1) is 0 Å². The van der Waals surface area contributed by atoms with Gasteiger partial charge >= 0.3 is 23.5 Å². The van der Waals surface area contributed by atoms with E-state index in [2.05, 4.69) is 26.0 Å². The van der Waals surface area contributed by atoms with Crippen LogP contribution in [0.3, 0.4) is 0 Å². The Balaban J connectivity index is 0.000000199. The van der Waals surface area contributed by atoms with E-state index in [-0.39, 0.29) is 62.7 Å². The minimum absolute atomic E-state index is 0.0309. The van der Waals surface area contributed by atoms with Crippen molar-refractivity contribution in [1.29, 1.82) is 0 Å². The Morgan fingerprint density at radius 2 is 1.20 bits per heavy atom. The van der Waals surface area contributed by atoms with Crippen molar-refractivity contribution in [1.82, 2.24) is 0 Å².